The maximum Gasteiger partial charge on any atom is 0.220 e. The lowest BCUT2D eigenvalue weighted by Gasteiger charge is -2.28. The molecule has 0 aromatic heterocycles. The number of aromatic hydroxyl groups is 1. The first kappa shape index (κ1) is 29.5. The molecule has 0 aliphatic carbocycles. The number of amides is 1. The molecule has 0 spiro atoms. The van der Waals surface area contributed by atoms with E-state index in [0.29, 0.717) is 18.6 Å². The number of benzene rings is 1. The third-order valence-corrected chi connectivity index (χ3v) is 5.50. The van der Waals surface area contributed by atoms with Gasteiger partial charge >= 0.3 is 0 Å². The number of quaternary nitrogens is 1. The topological polar surface area (TPSA) is 49.3 Å². The third-order valence-electron chi connectivity index (χ3n) is 5.50. The number of hydrogen-bond donors (Lipinski definition) is 2. The molecular weight excluding hydrogens is 384 g/mol. The van der Waals surface area contributed by atoms with E-state index >= 15 is 0 Å². The zero-order valence-corrected chi connectivity index (χ0v) is 21.1. The number of phenols is 1. The Morgan fingerprint density at radius 1 is 0.903 bits per heavy atom. The van der Waals surface area contributed by atoms with E-state index < -0.39 is 0 Å². The summed E-state index contributed by atoms with van der Waals surface area (Å²) in [6.07, 6.45) is 5.86. The lowest BCUT2D eigenvalue weighted by molar-refractivity contribution is -0.870. The fraction of sp³-hybridized carbons (Fsp3) is 0.741. The van der Waals surface area contributed by atoms with Crippen molar-refractivity contribution >= 4 is 5.91 Å². The summed E-state index contributed by atoms with van der Waals surface area (Å²) in [6, 6.07) is 4.15. The highest BCUT2D eigenvalue weighted by atomic mass is 16.3. The highest BCUT2D eigenvalue weighted by Crippen LogP contribution is 2.39. The minimum atomic E-state index is -0.145. The van der Waals surface area contributed by atoms with Crippen LogP contribution in [-0.2, 0) is 22.0 Å². The second-order valence-corrected chi connectivity index (χ2v) is 11.8. The Kier molecular flexibility index (Phi) is 11.3. The molecule has 0 aliphatic heterocycles. The Balaban J connectivity index is 0.00000900. The lowest BCUT2D eigenvalue weighted by Crippen LogP contribution is -2.35. The van der Waals surface area contributed by atoms with Gasteiger partial charge in [0.25, 0.3) is 0 Å². The van der Waals surface area contributed by atoms with E-state index in [0.717, 1.165) is 34.1 Å². The molecule has 0 radical (unpaired) electrons. The average Bonchev–Trinajstić information content (AvgIpc) is 2.56. The standard InChI is InChI=1S/C26H46N2O2.CH4/c1-25(2,3)21-18-20(19-22(24(21)30)26(4,5)6)14-15-23(29)27-16-12-10-11-13-17-28(7,8)9;/h18-19H,10-17H2,1-9H3,(H-,27,29,30);1H4/p+1. The Bertz CT molecular complexity index is 654. The Morgan fingerprint density at radius 3 is 1.84 bits per heavy atom. The molecule has 0 bridgehead atoms. The molecule has 180 valence electrons. The summed E-state index contributed by atoms with van der Waals surface area (Å²) in [5.74, 6) is 0.512. The van der Waals surface area contributed by atoms with Gasteiger partial charge in [0.05, 0.1) is 27.7 Å². The van der Waals surface area contributed by atoms with Crippen LogP contribution in [0.15, 0.2) is 12.1 Å². The van der Waals surface area contributed by atoms with Gasteiger partial charge in [0.1, 0.15) is 5.75 Å². The van der Waals surface area contributed by atoms with E-state index in [-0.39, 0.29) is 24.2 Å². The van der Waals surface area contributed by atoms with Crippen molar-refractivity contribution in [1.82, 2.24) is 5.32 Å². The number of aryl methyl sites for hydroxylation is 1. The van der Waals surface area contributed by atoms with E-state index in [4.69, 9.17) is 0 Å². The number of nitrogens with zero attached hydrogens (tertiary/aromatic N) is 1. The second kappa shape index (κ2) is 11.9. The van der Waals surface area contributed by atoms with Crippen LogP contribution < -0.4 is 5.32 Å². The maximum atomic E-state index is 12.3. The first-order chi connectivity index (χ1) is 13.6. The molecule has 0 saturated carbocycles. The van der Waals surface area contributed by atoms with Crippen molar-refractivity contribution in [3.63, 3.8) is 0 Å². The number of carbonyl (C=O) groups excluding carboxylic acids is 1. The summed E-state index contributed by atoms with van der Waals surface area (Å²) in [4.78, 5) is 12.3. The molecule has 0 fully saturated rings. The van der Waals surface area contributed by atoms with Crippen LogP contribution in [0.1, 0.15) is 97.8 Å². The van der Waals surface area contributed by atoms with Gasteiger partial charge in [-0.3, -0.25) is 4.79 Å². The predicted molar refractivity (Wildman–Crippen MR) is 135 cm³/mol. The Morgan fingerprint density at radius 2 is 1.39 bits per heavy atom. The van der Waals surface area contributed by atoms with Gasteiger partial charge in [-0.25, -0.2) is 0 Å². The van der Waals surface area contributed by atoms with Gasteiger partial charge in [-0.1, -0.05) is 67.5 Å². The zero-order chi connectivity index (χ0) is 23.2. The number of carbonyl (C=O) groups is 1. The zero-order valence-electron chi connectivity index (χ0n) is 21.1. The van der Waals surface area contributed by atoms with Crippen LogP contribution in [0.2, 0.25) is 0 Å². The molecular formula is C27H51N2O2+. The molecule has 4 nitrogen and oxygen atoms in total. The van der Waals surface area contributed by atoms with Gasteiger partial charge < -0.3 is 14.9 Å². The van der Waals surface area contributed by atoms with Crippen molar-refractivity contribution < 1.29 is 14.4 Å². The van der Waals surface area contributed by atoms with E-state index in [1.165, 1.54) is 25.8 Å². The molecule has 31 heavy (non-hydrogen) atoms. The smallest absolute Gasteiger partial charge is 0.220 e. The summed E-state index contributed by atoms with van der Waals surface area (Å²) in [5.41, 5.74) is 2.75. The van der Waals surface area contributed by atoms with Crippen LogP contribution in [-0.4, -0.2) is 49.7 Å². The van der Waals surface area contributed by atoms with E-state index in [1.54, 1.807) is 0 Å². The quantitative estimate of drug-likeness (QED) is 0.353. The van der Waals surface area contributed by atoms with Crippen LogP contribution in [0.4, 0.5) is 0 Å². The van der Waals surface area contributed by atoms with Gasteiger partial charge in [-0.15, -0.1) is 0 Å². The van der Waals surface area contributed by atoms with Crippen molar-refractivity contribution in [2.75, 3.05) is 34.2 Å². The monoisotopic (exact) mass is 435 g/mol. The number of rotatable bonds is 10. The van der Waals surface area contributed by atoms with Crippen LogP contribution >= 0.6 is 0 Å². The highest BCUT2D eigenvalue weighted by molar-refractivity contribution is 5.76. The molecule has 0 saturated heterocycles. The van der Waals surface area contributed by atoms with Gasteiger partial charge in [-0.05, 0) is 53.2 Å². The normalized spacial score (nSPS) is 12.4. The number of phenolic OH excluding ortho intramolecular Hbond substituents is 1. The van der Waals surface area contributed by atoms with Gasteiger partial charge in [0, 0.05) is 13.0 Å². The van der Waals surface area contributed by atoms with Gasteiger partial charge in [0.15, 0.2) is 0 Å². The fourth-order valence-electron chi connectivity index (χ4n) is 3.62. The van der Waals surface area contributed by atoms with Gasteiger partial charge in [0.2, 0.25) is 5.91 Å². The molecule has 0 atom stereocenters. The number of unbranched alkanes of at least 4 members (excludes halogenated alkanes) is 3. The molecule has 0 unspecified atom stereocenters. The fourth-order valence-corrected chi connectivity index (χ4v) is 3.62. The van der Waals surface area contributed by atoms with Gasteiger partial charge in [-0.2, -0.15) is 0 Å². The minimum absolute atomic E-state index is 0. The van der Waals surface area contributed by atoms with Crippen molar-refractivity contribution in [2.45, 2.75) is 98.3 Å². The molecule has 1 aromatic rings. The molecule has 2 N–H and O–H groups in total. The lowest BCUT2D eigenvalue weighted by atomic mass is 9.78. The van der Waals surface area contributed by atoms with Crippen LogP contribution in [0.3, 0.4) is 0 Å². The van der Waals surface area contributed by atoms with Crippen LogP contribution in [0.5, 0.6) is 5.75 Å². The molecule has 1 amide bonds. The summed E-state index contributed by atoms with van der Waals surface area (Å²) < 4.78 is 1.02. The average molecular weight is 436 g/mol. The van der Waals surface area contributed by atoms with E-state index in [2.05, 4.69) is 80.1 Å². The van der Waals surface area contributed by atoms with E-state index in [9.17, 15) is 9.90 Å². The molecule has 0 heterocycles. The largest absolute Gasteiger partial charge is 0.507 e. The molecule has 1 rings (SSSR count). The first-order valence-electron chi connectivity index (χ1n) is 11.6. The van der Waals surface area contributed by atoms with Crippen LogP contribution in [0.25, 0.3) is 0 Å². The summed E-state index contributed by atoms with van der Waals surface area (Å²) >= 11 is 0. The summed E-state index contributed by atoms with van der Waals surface area (Å²) in [5, 5.41) is 13.9. The maximum absolute atomic E-state index is 12.3. The van der Waals surface area contributed by atoms with Crippen molar-refractivity contribution in [2.24, 2.45) is 0 Å². The highest BCUT2D eigenvalue weighted by Gasteiger charge is 2.26. The third kappa shape index (κ3) is 11.0. The van der Waals surface area contributed by atoms with Crippen molar-refractivity contribution in [1.29, 1.82) is 0 Å². The first-order valence-corrected chi connectivity index (χ1v) is 11.6. The minimum Gasteiger partial charge on any atom is -0.507 e. The van der Waals surface area contributed by atoms with Crippen LogP contribution in [0, 0.1) is 0 Å². The molecule has 1 aromatic carbocycles. The molecule has 4 heteroatoms. The van der Waals surface area contributed by atoms with E-state index in [1.807, 2.05) is 0 Å². The Labute approximate surface area is 193 Å². The predicted octanol–water partition coefficient (Wildman–Crippen LogP) is 5.94. The second-order valence-electron chi connectivity index (χ2n) is 11.8. The number of hydrogen-bond acceptors (Lipinski definition) is 2. The van der Waals surface area contributed by atoms with Crippen molar-refractivity contribution in [3.8, 4) is 5.75 Å². The summed E-state index contributed by atoms with van der Waals surface area (Å²) in [6.45, 7) is 14.7. The summed E-state index contributed by atoms with van der Waals surface area (Å²) in [7, 11) is 6.68. The number of nitrogens with one attached hydrogen (secondary N) is 1. The SMILES string of the molecule is C.CC(C)(C)c1cc(CCC(=O)NCCCCCC[N+](C)(C)C)cc(C(C)(C)C)c1O. The molecule has 0 aliphatic rings. The Hall–Kier alpha value is -1.55. The van der Waals surface area contributed by atoms with Crippen molar-refractivity contribution in [3.05, 3.63) is 28.8 Å².